The quantitative estimate of drug-likeness (QED) is 0.760. The van der Waals surface area contributed by atoms with Crippen molar-refractivity contribution < 1.29 is 5.21 Å². The third-order valence-electron chi connectivity index (χ3n) is 3.06. The molecule has 16 heavy (non-hydrogen) atoms. The van der Waals surface area contributed by atoms with Crippen LogP contribution >= 0.6 is 15.9 Å². The first kappa shape index (κ1) is 13.7. The summed E-state index contributed by atoms with van der Waals surface area (Å²) in [5, 5.41) is 11.4. The maximum absolute atomic E-state index is 9.96. The van der Waals surface area contributed by atoms with Crippen molar-refractivity contribution >= 4 is 15.9 Å². The van der Waals surface area contributed by atoms with E-state index in [2.05, 4.69) is 28.1 Å². The molecule has 1 heterocycles. The van der Waals surface area contributed by atoms with Gasteiger partial charge in [0.2, 0.25) is 0 Å². The molecule has 1 aromatic rings. The Morgan fingerprint density at radius 2 is 1.88 bits per heavy atom. The van der Waals surface area contributed by atoms with Crippen LogP contribution in [0.15, 0.2) is 22.7 Å². The highest BCUT2D eigenvalue weighted by Gasteiger charge is 2.41. The molecular formula is C13H20BrNO. The fraction of sp³-hybridized carbons (Fsp3) is 0.538. The van der Waals surface area contributed by atoms with Crippen molar-refractivity contribution in [1.82, 2.24) is 5.06 Å². The van der Waals surface area contributed by atoms with Crippen molar-refractivity contribution in [3.05, 3.63) is 33.8 Å². The van der Waals surface area contributed by atoms with E-state index in [4.69, 9.17) is 0 Å². The fourth-order valence-electron chi connectivity index (χ4n) is 2.16. The average Bonchev–Trinajstić information content (AvgIpc) is 2.44. The largest absolute Gasteiger partial charge is 0.313 e. The highest BCUT2D eigenvalue weighted by atomic mass is 79.9. The zero-order valence-corrected chi connectivity index (χ0v) is 12.2. The van der Waals surface area contributed by atoms with E-state index in [1.807, 2.05) is 40.7 Å². The molecular weight excluding hydrogens is 266 g/mol. The molecule has 0 aliphatic carbocycles. The molecule has 2 nitrogen and oxygen atoms in total. The Bertz CT molecular complexity index is 376. The summed E-state index contributed by atoms with van der Waals surface area (Å²) in [4.78, 5) is 0. The molecule has 0 aromatic heterocycles. The van der Waals surface area contributed by atoms with Gasteiger partial charge in [0.15, 0.2) is 0 Å². The molecule has 0 saturated carbocycles. The van der Waals surface area contributed by atoms with Crippen LogP contribution in [0.4, 0.5) is 0 Å². The van der Waals surface area contributed by atoms with Crippen LogP contribution < -0.4 is 0 Å². The first-order valence-electron chi connectivity index (χ1n) is 5.72. The number of rotatable bonds is 0. The number of fused-ring (bicyclic) bond motifs is 1. The van der Waals surface area contributed by atoms with Crippen molar-refractivity contribution in [2.45, 2.75) is 46.2 Å². The minimum atomic E-state index is -0.293. The SMILES string of the molecule is CC.CC1c2ccc(Br)cc2C(C)(C)N1O. The Morgan fingerprint density at radius 1 is 1.31 bits per heavy atom. The van der Waals surface area contributed by atoms with Crippen molar-refractivity contribution in [2.75, 3.05) is 0 Å². The molecule has 0 radical (unpaired) electrons. The number of hydrogen-bond donors (Lipinski definition) is 1. The summed E-state index contributed by atoms with van der Waals surface area (Å²) < 4.78 is 1.06. The maximum atomic E-state index is 9.96. The van der Waals surface area contributed by atoms with Gasteiger partial charge in [-0.1, -0.05) is 35.8 Å². The summed E-state index contributed by atoms with van der Waals surface area (Å²) in [6.45, 7) is 10.1. The van der Waals surface area contributed by atoms with Gasteiger partial charge in [-0.2, -0.15) is 5.06 Å². The van der Waals surface area contributed by atoms with Gasteiger partial charge in [-0.05, 0) is 44.0 Å². The number of benzene rings is 1. The zero-order valence-electron chi connectivity index (χ0n) is 10.6. The van der Waals surface area contributed by atoms with Gasteiger partial charge in [-0.15, -0.1) is 0 Å². The van der Waals surface area contributed by atoms with Gasteiger partial charge in [-0.3, -0.25) is 0 Å². The van der Waals surface area contributed by atoms with Crippen LogP contribution in [0.3, 0.4) is 0 Å². The lowest BCUT2D eigenvalue weighted by atomic mass is 9.94. The number of hydrogen-bond acceptors (Lipinski definition) is 2. The third-order valence-corrected chi connectivity index (χ3v) is 3.56. The molecule has 1 N–H and O–H groups in total. The van der Waals surface area contributed by atoms with Gasteiger partial charge in [0, 0.05) is 4.47 Å². The second-order valence-corrected chi connectivity index (χ2v) is 5.23. The summed E-state index contributed by atoms with van der Waals surface area (Å²) in [5.74, 6) is 0. The van der Waals surface area contributed by atoms with Gasteiger partial charge >= 0.3 is 0 Å². The van der Waals surface area contributed by atoms with Gasteiger partial charge < -0.3 is 5.21 Å². The van der Waals surface area contributed by atoms with E-state index in [0.29, 0.717) is 0 Å². The maximum Gasteiger partial charge on any atom is 0.0663 e. The van der Waals surface area contributed by atoms with E-state index in [1.54, 1.807) is 0 Å². The third kappa shape index (κ3) is 2.04. The lowest BCUT2D eigenvalue weighted by Gasteiger charge is -2.28. The first-order chi connectivity index (χ1) is 7.44. The van der Waals surface area contributed by atoms with Crippen molar-refractivity contribution in [1.29, 1.82) is 0 Å². The van der Waals surface area contributed by atoms with E-state index in [1.165, 1.54) is 16.2 Å². The Kier molecular flexibility index (Phi) is 4.16. The second kappa shape index (κ2) is 4.86. The lowest BCUT2D eigenvalue weighted by Crippen LogP contribution is -2.33. The molecule has 3 heteroatoms. The van der Waals surface area contributed by atoms with Gasteiger partial charge in [-0.25, -0.2) is 0 Å². The second-order valence-electron chi connectivity index (χ2n) is 4.31. The summed E-state index contributed by atoms with van der Waals surface area (Å²) in [5.41, 5.74) is 2.11. The van der Waals surface area contributed by atoms with Crippen LogP contribution in [0.2, 0.25) is 0 Å². The number of nitrogens with zero attached hydrogens (tertiary/aromatic N) is 1. The van der Waals surface area contributed by atoms with Crippen LogP contribution in [-0.4, -0.2) is 10.3 Å². The molecule has 0 bridgehead atoms. The highest BCUT2D eigenvalue weighted by Crippen LogP contribution is 2.44. The zero-order chi connectivity index (χ0) is 12.5. The number of halogens is 1. The van der Waals surface area contributed by atoms with Gasteiger partial charge in [0.25, 0.3) is 0 Å². The van der Waals surface area contributed by atoms with Gasteiger partial charge in [0.05, 0.1) is 11.6 Å². The first-order valence-corrected chi connectivity index (χ1v) is 6.52. The molecule has 2 rings (SSSR count). The molecule has 90 valence electrons. The van der Waals surface area contributed by atoms with Crippen LogP contribution in [0.1, 0.15) is 51.8 Å². The predicted molar refractivity (Wildman–Crippen MR) is 70.6 cm³/mol. The topological polar surface area (TPSA) is 23.5 Å². The van der Waals surface area contributed by atoms with Crippen molar-refractivity contribution in [3.63, 3.8) is 0 Å². The molecule has 1 aliphatic rings. The molecule has 1 unspecified atom stereocenters. The highest BCUT2D eigenvalue weighted by molar-refractivity contribution is 9.10. The van der Waals surface area contributed by atoms with E-state index >= 15 is 0 Å². The molecule has 1 aliphatic heterocycles. The van der Waals surface area contributed by atoms with Crippen LogP contribution in [-0.2, 0) is 5.54 Å². The van der Waals surface area contributed by atoms with Crippen molar-refractivity contribution in [3.8, 4) is 0 Å². The molecule has 0 amide bonds. The van der Waals surface area contributed by atoms with Crippen LogP contribution in [0.25, 0.3) is 0 Å². The van der Waals surface area contributed by atoms with Crippen LogP contribution in [0.5, 0.6) is 0 Å². The summed E-state index contributed by atoms with van der Waals surface area (Å²) in [6, 6.07) is 6.25. The lowest BCUT2D eigenvalue weighted by molar-refractivity contribution is -0.181. The minimum absolute atomic E-state index is 0.0769. The fourth-order valence-corrected chi connectivity index (χ4v) is 2.52. The molecule has 1 atom stereocenters. The Hall–Kier alpha value is -0.380. The summed E-state index contributed by atoms with van der Waals surface area (Å²) >= 11 is 3.46. The average molecular weight is 286 g/mol. The monoisotopic (exact) mass is 285 g/mol. The molecule has 0 fully saturated rings. The standard InChI is InChI=1S/C11H14BrNO.C2H6/c1-7-9-5-4-8(12)6-10(9)11(2,3)13(7)14;1-2/h4-7,14H,1-3H3;1-2H3. The molecule has 0 saturated heterocycles. The van der Waals surface area contributed by atoms with Crippen molar-refractivity contribution in [2.24, 2.45) is 0 Å². The van der Waals surface area contributed by atoms with E-state index < -0.39 is 0 Å². The summed E-state index contributed by atoms with van der Waals surface area (Å²) in [6.07, 6.45) is 0. The van der Waals surface area contributed by atoms with Gasteiger partial charge in [0.1, 0.15) is 0 Å². The Balaban J connectivity index is 0.000000606. The minimum Gasteiger partial charge on any atom is -0.313 e. The van der Waals surface area contributed by atoms with E-state index in [9.17, 15) is 5.21 Å². The molecule has 1 aromatic carbocycles. The smallest absolute Gasteiger partial charge is 0.0663 e. The predicted octanol–water partition coefficient (Wildman–Crippen LogP) is 4.48. The van der Waals surface area contributed by atoms with E-state index in [0.717, 1.165) is 4.47 Å². The van der Waals surface area contributed by atoms with E-state index in [-0.39, 0.29) is 11.6 Å². The number of hydroxylamine groups is 2. The normalized spacial score (nSPS) is 22.3. The Morgan fingerprint density at radius 3 is 2.44 bits per heavy atom. The Labute approximate surface area is 106 Å². The molecule has 0 spiro atoms. The van der Waals surface area contributed by atoms with Crippen LogP contribution in [0, 0.1) is 0 Å². The summed E-state index contributed by atoms with van der Waals surface area (Å²) in [7, 11) is 0.